The van der Waals surface area contributed by atoms with Gasteiger partial charge in [0.2, 0.25) is 0 Å². The fourth-order valence-corrected chi connectivity index (χ4v) is 2.17. The Bertz CT molecular complexity index is 547. The zero-order valence-electron chi connectivity index (χ0n) is 11.7. The first-order valence-electron chi connectivity index (χ1n) is 6.73. The van der Waals surface area contributed by atoms with Gasteiger partial charge in [0.25, 0.3) is 0 Å². The third-order valence-corrected chi connectivity index (χ3v) is 3.19. The summed E-state index contributed by atoms with van der Waals surface area (Å²) >= 11 is 0. The topological polar surface area (TPSA) is 25.2 Å². The summed E-state index contributed by atoms with van der Waals surface area (Å²) < 4.78 is 19.9. The average Bonchev–Trinajstić information content (AvgIpc) is 2.85. The second kappa shape index (κ2) is 6.02. The molecule has 1 heterocycles. The molecule has 0 amide bonds. The molecule has 0 spiro atoms. The Kier molecular flexibility index (Phi) is 4.38. The number of benzene rings is 1. The Labute approximate surface area is 113 Å². The van der Waals surface area contributed by atoms with Crippen molar-refractivity contribution in [3.63, 3.8) is 0 Å². The maximum atomic E-state index is 14.1. The van der Waals surface area contributed by atoms with Gasteiger partial charge in [-0.05, 0) is 37.2 Å². The predicted molar refractivity (Wildman–Crippen MR) is 74.7 cm³/mol. The van der Waals surface area contributed by atoms with Gasteiger partial charge < -0.3 is 9.73 Å². The quantitative estimate of drug-likeness (QED) is 0.880. The Balaban J connectivity index is 2.38. The van der Waals surface area contributed by atoms with Gasteiger partial charge in [0.15, 0.2) is 0 Å². The molecule has 3 heteroatoms. The number of halogens is 1. The summed E-state index contributed by atoms with van der Waals surface area (Å²) in [5, 5.41) is 3.28. The highest BCUT2D eigenvalue weighted by atomic mass is 19.1. The molecular formula is C16H20FNO. The Morgan fingerprint density at radius 1 is 1.21 bits per heavy atom. The fraction of sp³-hybridized carbons (Fsp3) is 0.375. The molecule has 1 atom stereocenters. The lowest BCUT2D eigenvalue weighted by molar-refractivity contribution is 0.418. The van der Waals surface area contributed by atoms with E-state index in [9.17, 15) is 4.39 Å². The summed E-state index contributed by atoms with van der Waals surface area (Å²) in [7, 11) is 0. The standard InChI is InChI=1S/C16H20FNO/c1-4-12-7-9-15(19-12)16(18-5-2)13-8-6-11(3)10-14(13)17/h6-10,16,18H,4-5H2,1-3H3. The first kappa shape index (κ1) is 13.8. The molecule has 0 saturated carbocycles. The van der Waals surface area contributed by atoms with Gasteiger partial charge in [-0.15, -0.1) is 0 Å². The number of rotatable bonds is 5. The molecule has 102 valence electrons. The molecule has 0 fully saturated rings. The van der Waals surface area contributed by atoms with Crippen LogP contribution in [0.5, 0.6) is 0 Å². The number of nitrogens with one attached hydrogen (secondary N) is 1. The maximum Gasteiger partial charge on any atom is 0.128 e. The molecule has 0 aliphatic rings. The minimum Gasteiger partial charge on any atom is -0.464 e. The molecule has 1 aromatic carbocycles. The van der Waals surface area contributed by atoms with Gasteiger partial charge in [0, 0.05) is 12.0 Å². The lowest BCUT2D eigenvalue weighted by atomic mass is 10.0. The second-order valence-electron chi connectivity index (χ2n) is 4.67. The summed E-state index contributed by atoms with van der Waals surface area (Å²) in [5.41, 5.74) is 1.55. The predicted octanol–water partition coefficient (Wildman–Crippen LogP) is 3.99. The highest BCUT2D eigenvalue weighted by Gasteiger charge is 2.20. The summed E-state index contributed by atoms with van der Waals surface area (Å²) in [6, 6.07) is 8.95. The van der Waals surface area contributed by atoms with Crippen LogP contribution in [0.15, 0.2) is 34.7 Å². The van der Waals surface area contributed by atoms with Crippen molar-refractivity contribution in [2.45, 2.75) is 33.2 Å². The lowest BCUT2D eigenvalue weighted by Gasteiger charge is -2.17. The monoisotopic (exact) mass is 261 g/mol. The molecule has 1 N–H and O–H groups in total. The summed E-state index contributed by atoms with van der Waals surface area (Å²) in [5.74, 6) is 1.49. The third-order valence-electron chi connectivity index (χ3n) is 3.19. The van der Waals surface area contributed by atoms with Crippen molar-refractivity contribution in [2.24, 2.45) is 0 Å². The molecule has 0 aliphatic carbocycles. The smallest absolute Gasteiger partial charge is 0.128 e. The largest absolute Gasteiger partial charge is 0.464 e. The number of hydrogen-bond donors (Lipinski definition) is 1. The van der Waals surface area contributed by atoms with Crippen molar-refractivity contribution >= 4 is 0 Å². The van der Waals surface area contributed by atoms with Gasteiger partial charge >= 0.3 is 0 Å². The van der Waals surface area contributed by atoms with Crippen LogP contribution in [0.3, 0.4) is 0 Å². The minimum absolute atomic E-state index is 0.194. The van der Waals surface area contributed by atoms with Crippen molar-refractivity contribution < 1.29 is 8.81 Å². The van der Waals surface area contributed by atoms with Gasteiger partial charge in [-0.3, -0.25) is 0 Å². The van der Waals surface area contributed by atoms with Gasteiger partial charge in [-0.25, -0.2) is 4.39 Å². The molecule has 1 aromatic heterocycles. The van der Waals surface area contributed by atoms with Crippen molar-refractivity contribution in [1.29, 1.82) is 0 Å². The molecule has 2 aromatic rings. The summed E-state index contributed by atoms with van der Waals surface area (Å²) in [6.45, 7) is 6.68. The lowest BCUT2D eigenvalue weighted by Crippen LogP contribution is -2.22. The van der Waals surface area contributed by atoms with Gasteiger partial charge in [0.1, 0.15) is 17.3 Å². The molecule has 19 heavy (non-hydrogen) atoms. The third kappa shape index (κ3) is 3.04. The van der Waals surface area contributed by atoms with E-state index in [1.165, 1.54) is 0 Å². The van der Waals surface area contributed by atoms with Crippen molar-refractivity contribution in [3.05, 3.63) is 58.8 Å². The second-order valence-corrected chi connectivity index (χ2v) is 4.67. The Hall–Kier alpha value is -1.61. The van der Waals surface area contributed by atoms with E-state index < -0.39 is 0 Å². The number of aryl methyl sites for hydroxylation is 2. The Morgan fingerprint density at radius 2 is 2.00 bits per heavy atom. The van der Waals surface area contributed by atoms with Gasteiger partial charge in [-0.1, -0.05) is 26.0 Å². The maximum absolute atomic E-state index is 14.1. The normalized spacial score (nSPS) is 12.6. The molecule has 2 rings (SSSR count). The van der Waals surface area contributed by atoms with E-state index in [2.05, 4.69) is 5.32 Å². The van der Waals surface area contributed by atoms with E-state index in [1.54, 1.807) is 6.07 Å². The molecule has 0 bridgehead atoms. The summed E-state index contributed by atoms with van der Waals surface area (Å²) in [6.07, 6.45) is 0.842. The van der Waals surface area contributed by atoms with E-state index >= 15 is 0 Å². The van der Waals surface area contributed by atoms with Crippen LogP contribution in [0.1, 0.15) is 42.5 Å². The van der Waals surface area contributed by atoms with Crippen LogP contribution in [-0.4, -0.2) is 6.54 Å². The highest BCUT2D eigenvalue weighted by Crippen LogP contribution is 2.26. The average molecular weight is 261 g/mol. The molecule has 0 saturated heterocycles. The van der Waals surface area contributed by atoms with Crippen molar-refractivity contribution in [2.75, 3.05) is 6.54 Å². The zero-order valence-corrected chi connectivity index (χ0v) is 11.7. The van der Waals surface area contributed by atoms with Crippen LogP contribution >= 0.6 is 0 Å². The van der Waals surface area contributed by atoms with Crippen LogP contribution in [0.4, 0.5) is 4.39 Å². The highest BCUT2D eigenvalue weighted by molar-refractivity contribution is 5.31. The van der Waals surface area contributed by atoms with E-state index in [1.807, 2.05) is 45.0 Å². The first-order valence-corrected chi connectivity index (χ1v) is 6.73. The molecular weight excluding hydrogens is 241 g/mol. The van der Waals surface area contributed by atoms with Gasteiger partial charge in [-0.2, -0.15) is 0 Å². The van der Waals surface area contributed by atoms with Crippen LogP contribution in [0.2, 0.25) is 0 Å². The minimum atomic E-state index is -0.231. The summed E-state index contributed by atoms with van der Waals surface area (Å²) in [4.78, 5) is 0. The SMILES string of the molecule is CCNC(c1ccc(CC)o1)c1ccc(C)cc1F. The van der Waals surface area contributed by atoms with E-state index in [-0.39, 0.29) is 11.9 Å². The van der Waals surface area contributed by atoms with Gasteiger partial charge in [0.05, 0.1) is 6.04 Å². The van der Waals surface area contributed by atoms with Crippen LogP contribution in [0, 0.1) is 12.7 Å². The van der Waals surface area contributed by atoms with Crippen molar-refractivity contribution in [1.82, 2.24) is 5.32 Å². The first-order chi connectivity index (χ1) is 9.15. The van der Waals surface area contributed by atoms with E-state index in [4.69, 9.17) is 4.42 Å². The van der Waals surface area contributed by atoms with Crippen molar-refractivity contribution in [3.8, 4) is 0 Å². The molecule has 0 aliphatic heterocycles. The molecule has 2 nitrogen and oxygen atoms in total. The van der Waals surface area contributed by atoms with Crippen LogP contribution in [0.25, 0.3) is 0 Å². The molecule has 0 radical (unpaired) electrons. The zero-order chi connectivity index (χ0) is 13.8. The van der Waals surface area contributed by atoms with Crippen LogP contribution in [-0.2, 0) is 6.42 Å². The number of furan rings is 1. The Morgan fingerprint density at radius 3 is 2.58 bits per heavy atom. The van der Waals surface area contributed by atoms with Crippen LogP contribution < -0.4 is 5.32 Å². The van der Waals surface area contributed by atoms with E-state index in [0.717, 1.165) is 30.0 Å². The fourth-order valence-electron chi connectivity index (χ4n) is 2.17. The van der Waals surface area contributed by atoms with E-state index in [0.29, 0.717) is 5.56 Å². The molecule has 1 unspecified atom stereocenters. The number of hydrogen-bond acceptors (Lipinski definition) is 2.